The first-order chi connectivity index (χ1) is 8.58. The highest BCUT2D eigenvalue weighted by Crippen LogP contribution is 2.36. The molecule has 1 fully saturated rings. The number of rotatable bonds is 4. The molecule has 1 aromatic rings. The Kier molecular flexibility index (Phi) is 3.71. The SMILES string of the molecule is C=Cc1c(Br)c(F)cc(C(=O)OC)c1NC1CC1. The lowest BCUT2D eigenvalue weighted by Gasteiger charge is -2.15. The van der Waals surface area contributed by atoms with Crippen LogP contribution in [0.3, 0.4) is 0 Å². The van der Waals surface area contributed by atoms with Crippen LogP contribution in [0.2, 0.25) is 0 Å². The number of hydrogen-bond acceptors (Lipinski definition) is 3. The predicted molar refractivity (Wildman–Crippen MR) is 72.2 cm³/mol. The summed E-state index contributed by atoms with van der Waals surface area (Å²) in [5, 5.41) is 3.22. The van der Waals surface area contributed by atoms with Crippen LogP contribution < -0.4 is 5.32 Å². The van der Waals surface area contributed by atoms with E-state index in [1.165, 1.54) is 19.3 Å². The number of hydrogen-bond donors (Lipinski definition) is 1. The zero-order valence-electron chi connectivity index (χ0n) is 9.93. The molecular weight excluding hydrogens is 301 g/mol. The largest absolute Gasteiger partial charge is 0.465 e. The first-order valence-electron chi connectivity index (χ1n) is 5.57. The van der Waals surface area contributed by atoms with Crippen LogP contribution in [-0.4, -0.2) is 19.1 Å². The third kappa shape index (κ3) is 2.41. The Morgan fingerprint density at radius 1 is 1.67 bits per heavy atom. The van der Waals surface area contributed by atoms with E-state index in [1.807, 2.05) is 0 Å². The van der Waals surface area contributed by atoms with Crippen LogP contribution in [0.15, 0.2) is 17.1 Å². The van der Waals surface area contributed by atoms with Crippen LogP contribution in [0.4, 0.5) is 10.1 Å². The molecule has 0 atom stereocenters. The highest BCUT2D eigenvalue weighted by Gasteiger charge is 2.26. The number of carbonyl (C=O) groups is 1. The minimum atomic E-state index is -0.562. The molecule has 0 aliphatic heterocycles. The summed E-state index contributed by atoms with van der Waals surface area (Å²) in [5.74, 6) is -1.07. The molecular formula is C13H13BrFNO2. The van der Waals surface area contributed by atoms with E-state index < -0.39 is 11.8 Å². The van der Waals surface area contributed by atoms with E-state index in [0.29, 0.717) is 21.8 Å². The van der Waals surface area contributed by atoms with E-state index >= 15 is 0 Å². The Morgan fingerprint density at radius 3 is 2.83 bits per heavy atom. The smallest absolute Gasteiger partial charge is 0.340 e. The summed E-state index contributed by atoms with van der Waals surface area (Å²) in [6.45, 7) is 3.66. The van der Waals surface area contributed by atoms with Crippen molar-refractivity contribution in [2.45, 2.75) is 18.9 Å². The van der Waals surface area contributed by atoms with Gasteiger partial charge in [-0.3, -0.25) is 0 Å². The van der Waals surface area contributed by atoms with Crippen molar-refractivity contribution in [1.29, 1.82) is 0 Å². The van der Waals surface area contributed by atoms with Gasteiger partial charge in [0.1, 0.15) is 5.82 Å². The number of halogens is 2. The molecule has 1 saturated carbocycles. The quantitative estimate of drug-likeness (QED) is 0.863. The molecule has 3 nitrogen and oxygen atoms in total. The van der Waals surface area contributed by atoms with E-state index in [9.17, 15) is 9.18 Å². The lowest BCUT2D eigenvalue weighted by atomic mass is 10.1. The van der Waals surface area contributed by atoms with E-state index in [-0.39, 0.29) is 5.56 Å². The minimum Gasteiger partial charge on any atom is -0.465 e. The summed E-state index contributed by atoms with van der Waals surface area (Å²) >= 11 is 3.17. The van der Waals surface area contributed by atoms with Gasteiger partial charge in [0.15, 0.2) is 0 Å². The van der Waals surface area contributed by atoms with Crippen molar-refractivity contribution in [3.63, 3.8) is 0 Å². The van der Waals surface area contributed by atoms with Crippen LogP contribution in [0.25, 0.3) is 6.08 Å². The molecule has 1 aromatic carbocycles. The molecule has 0 radical (unpaired) electrons. The van der Waals surface area contributed by atoms with Crippen molar-refractivity contribution in [1.82, 2.24) is 0 Å². The molecule has 1 aliphatic carbocycles. The Hall–Kier alpha value is -1.36. The standard InChI is InChI=1S/C13H13BrFNO2/c1-3-8-11(14)10(15)6-9(13(17)18-2)12(8)16-7-4-5-7/h3,6-7,16H,1,4-5H2,2H3. The van der Waals surface area contributed by atoms with Gasteiger partial charge in [0.05, 0.1) is 22.8 Å². The van der Waals surface area contributed by atoms with Gasteiger partial charge in [0.25, 0.3) is 0 Å². The van der Waals surface area contributed by atoms with Crippen LogP contribution in [0.1, 0.15) is 28.8 Å². The van der Waals surface area contributed by atoms with Crippen molar-refractivity contribution in [3.05, 3.63) is 34.1 Å². The van der Waals surface area contributed by atoms with Crippen molar-refractivity contribution >= 4 is 33.7 Å². The maximum atomic E-state index is 13.7. The fourth-order valence-electron chi connectivity index (χ4n) is 1.70. The number of carbonyl (C=O) groups excluding carboxylic acids is 1. The fourth-order valence-corrected chi connectivity index (χ4v) is 2.17. The van der Waals surface area contributed by atoms with Gasteiger partial charge in [-0.25, -0.2) is 9.18 Å². The number of methoxy groups -OCH3 is 1. The number of anilines is 1. The number of nitrogens with one attached hydrogen (secondary N) is 1. The summed E-state index contributed by atoms with van der Waals surface area (Å²) in [6, 6.07) is 1.51. The van der Waals surface area contributed by atoms with Crippen LogP contribution in [0, 0.1) is 5.82 Å². The second-order valence-corrected chi connectivity index (χ2v) is 4.92. The molecule has 0 bridgehead atoms. The van der Waals surface area contributed by atoms with Crippen LogP contribution in [-0.2, 0) is 4.74 Å². The van der Waals surface area contributed by atoms with E-state index in [2.05, 4.69) is 32.6 Å². The number of benzene rings is 1. The Bertz CT molecular complexity index is 512. The molecule has 0 saturated heterocycles. The molecule has 18 heavy (non-hydrogen) atoms. The zero-order valence-corrected chi connectivity index (χ0v) is 11.5. The van der Waals surface area contributed by atoms with E-state index in [0.717, 1.165) is 12.8 Å². The Labute approximate surface area is 113 Å². The van der Waals surface area contributed by atoms with Gasteiger partial charge in [0.2, 0.25) is 0 Å². The summed E-state index contributed by atoms with van der Waals surface area (Å²) in [5.41, 5.74) is 1.31. The van der Waals surface area contributed by atoms with Crippen molar-refractivity contribution in [3.8, 4) is 0 Å². The normalized spacial score (nSPS) is 14.2. The van der Waals surface area contributed by atoms with Crippen molar-refractivity contribution in [2.75, 3.05) is 12.4 Å². The second-order valence-electron chi connectivity index (χ2n) is 4.12. The average Bonchev–Trinajstić information content (AvgIpc) is 3.17. The average molecular weight is 314 g/mol. The second kappa shape index (κ2) is 5.10. The fraction of sp³-hybridized carbons (Fsp3) is 0.308. The first kappa shape index (κ1) is 13.1. The third-order valence-electron chi connectivity index (χ3n) is 2.79. The molecule has 0 amide bonds. The topological polar surface area (TPSA) is 38.3 Å². The molecule has 0 heterocycles. The molecule has 0 unspecified atom stereocenters. The molecule has 0 spiro atoms. The van der Waals surface area contributed by atoms with Gasteiger partial charge >= 0.3 is 5.97 Å². The van der Waals surface area contributed by atoms with Crippen molar-refractivity contribution in [2.24, 2.45) is 0 Å². The molecule has 2 rings (SSSR count). The summed E-state index contributed by atoms with van der Waals surface area (Å²) in [7, 11) is 1.27. The van der Waals surface area contributed by atoms with Gasteiger partial charge in [-0.15, -0.1) is 0 Å². The highest BCUT2D eigenvalue weighted by molar-refractivity contribution is 9.10. The number of esters is 1. The third-order valence-corrected chi connectivity index (χ3v) is 3.60. The Morgan fingerprint density at radius 2 is 2.33 bits per heavy atom. The first-order valence-corrected chi connectivity index (χ1v) is 6.37. The zero-order chi connectivity index (χ0) is 13.3. The Balaban J connectivity index is 2.57. The monoisotopic (exact) mass is 313 g/mol. The van der Waals surface area contributed by atoms with Gasteiger partial charge in [-0.2, -0.15) is 0 Å². The van der Waals surface area contributed by atoms with Crippen LogP contribution >= 0.6 is 15.9 Å². The highest BCUT2D eigenvalue weighted by atomic mass is 79.9. The van der Waals surface area contributed by atoms with Crippen LogP contribution in [0.5, 0.6) is 0 Å². The number of ether oxygens (including phenoxy) is 1. The molecule has 5 heteroatoms. The maximum Gasteiger partial charge on any atom is 0.340 e. The molecule has 0 aromatic heterocycles. The summed E-state index contributed by atoms with van der Waals surface area (Å²) in [6.07, 6.45) is 3.61. The molecule has 1 aliphatic rings. The molecule has 1 N–H and O–H groups in total. The summed E-state index contributed by atoms with van der Waals surface area (Å²) in [4.78, 5) is 11.7. The predicted octanol–water partition coefficient (Wildman–Crippen LogP) is 3.59. The maximum absolute atomic E-state index is 13.7. The van der Waals surface area contributed by atoms with Gasteiger partial charge in [-0.05, 0) is 34.8 Å². The lowest BCUT2D eigenvalue weighted by molar-refractivity contribution is 0.0601. The van der Waals surface area contributed by atoms with Gasteiger partial charge < -0.3 is 10.1 Å². The summed E-state index contributed by atoms with van der Waals surface area (Å²) < 4.78 is 18.7. The van der Waals surface area contributed by atoms with Gasteiger partial charge in [-0.1, -0.05) is 12.7 Å². The van der Waals surface area contributed by atoms with Gasteiger partial charge in [0, 0.05) is 11.6 Å². The van der Waals surface area contributed by atoms with E-state index in [1.54, 1.807) is 0 Å². The minimum absolute atomic E-state index is 0.194. The van der Waals surface area contributed by atoms with E-state index in [4.69, 9.17) is 0 Å². The molecule has 96 valence electrons. The lowest BCUT2D eigenvalue weighted by Crippen LogP contribution is -2.12. The van der Waals surface area contributed by atoms with Crippen molar-refractivity contribution < 1.29 is 13.9 Å².